The molecule has 0 bridgehead atoms. The number of nitrogens with zero attached hydrogens (tertiary/aromatic N) is 4. The van der Waals surface area contributed by atoms with Gasteiger partial charge in [-0.1, -0.05) is 55.5 Å². The Morgan fingerprint density at radius 2 is 1.61 bits per heavy atom. The molecule has 1 amide bonds. The molecular formula is C29H39N5OS. The topological polar surface area (TPSA) is 61.4 Å². The smallest absolute Gasteiger partial charge is 0.224 e. The van der Waals surface area contributed by atoms with Crippen LogP contribution in [-0.4, -0.2) is 41.8 Å². The second kappa shape index (κ2) is 14.5. The lowest BCUT2D eigenvalue weighted by atomic mass is 10.2. The summed E-state index contributed by atoms with van der Waals surface area (Å²) in [5, 5.41) is 3.96. The van der Waals surface area contributed by atoms with Gasteiger partial charge in [0.2, 0.25) is 5.91 Å². The molecule has 0 spiro atoms. The average Bonchev–Trinajstić information content (AvgIpc) is 2.91. The van der Waals surface area contributed by atoms with Gasteiger partial charge in [0, 0.05) is 38.3 Å². The minimum atomic E-state index is 0.0107. The summed E-state index contributed by atoms with van der Waals surface area (Å²) in [7, 11) is 0. The highest BCUT2D eigenvalue weighted by Gasteiger charge is 2.20. The van der Waals surface area contributed by atoms with E-state index in [4.69, 9.17) is 4.98 Å². The second-order valence-corrected chi connectivity index (χ2v) is 9.60. The summed E-state index contributed by atoms with van der Waals surface area (Å²) in [5.41, 5.74) is 3.16. The first kappa shape index (κ1) is 27.5. The number of carbonyl (C=O) groups excluding carboxylic acids is 1. The first-order valence-corrected chi connectivity index (χ1v) is 14.1. The molecule has 192 valence electrons. The number of carbonyl (C=O) groups is 1. The molecule has 0 unspecified atom stereocenters. The molecule has 0 aliphatic heterocycles. The van der Waals surface area contributed by atoms with Gasteiger partial charge in [0.25, 0.3) is 0 Å². The van der Waals surface area contributed by atoms with Gasteiger partial charge in [-0.15, -0.1) is 11.8 Å². The predicted octanol–water partition coefficient (Wildman–Crippen LogP) is 6.56. The van der Waals surface area contributed by atoms with Crippen molar-refractivity contribution in [2.45, 2.75) is 58.0 Å². The molecular weight excluding hydrogens is 466 g/mol. The van der Waals surface area contributed by atoms with Gasteiger partial charge in [-0.3, -0.25) is 4.79 Å². The van der Waals surface area contributed by atoms with Crippen LogP contribution in [0.2, 0.25) is 0 Å². The minimum absolute atomic E-state index is 0.0107. The van der Waals surface area contributed by atoms with Gasteiger partial charge in [-0.05, 0) is 57.1 Å². The highest BCUT2D eigenvalue weighted by Crippen LogP contribution is 2.33. The third kappa shape index (κ3) is 7.98. The fraction of sp³-hybridized carbons (Fsp3) is 0.414. The molecule has 0 aliphatic carbocycles. The molecule has 0 saturated heterocycles. The van der Waals surface area contributed by atoms with E-state index < -0.39 is 0 Å². The molecule has 0 radical (unpaired) electrons. The number of nitrogens with one attached hydrogen (secondary N) is 1. The Kier molecular flexibility index (Phi) is 11.1. The fourth-order valence-corrected chi connectivity index (χ4v) is 4.80. The van der Waals surface area contributed by atoms with Gasteiger partial charge < -0.3 is 15.1 Å². The Hall–Kier alpha value is -3.06. The molecule has 7 heteroatoms. The highest BCUT2D eigenvalue weighted by molar-refractivity contribution is 7.98. The first-order chi connectivity index (χ1) is 17.5. The van der Waals surface area contributed by atoms with E-state index in [0.29, 0.717) is 17.9 Å². The Bertz CT molecular complexity index is 1080. The molecule has 36 heavy (non-hydrogen) atoms. The number of anilines is 3. The van der Waals surface area contributed by atoms with Crippen LogP contribution in [0.1, 0.15) is 50.9 Å². The maximum Gasteiger partial charge on any atom is 0.224 e. The number of benzene rings is 2. The molecule has 0 fully saturated rings. The Balaban J connectivity index is 1.66. The summed E-state index contributed by atoms with van der Waals surface area (Å²) in [5.74, 6) is 1.50. The number of aryl methyl sites for hydroxylation is 1. The number of hydrogen-bond donors (Lipinski definition) is 1. The van der Waals surface area contributed by atoms with Crippen molar-refractivity contribution >= 4 is 34.9 Å². The largest absolute Gasteiger partial charge is 0.372 e. The maximum absolute atomic E-state index is 13.0. The number of unbranched alkanes of at least 4 members (excludes halogenated alkanes) is 1. The van der Waals surface area contributed by atoms with Crippen molar-refractivity contribution in [2.75, 3.05) is 41.0 Å². The van der Waals surface area contributed by atoms with Gasteiger partial charge in [0.05, 0.1) is 0 Å². The molecule has 1 heterocycles. The zero-order valence-corrected chi connectivity index (χ0v) is 22.9. The fourth-order valence-electron chi connectivity index (χ4n) is 4.23. The van der Waals surface area contributed by atoms with Crippen molar-refractivity contribution in [3.63, 3.8) is 0 Å². The van der Waals surface area contributed by atoms with Crippen LogP contribution < -0.4 is 15.1 Å². The van der Waals surface area contributed by atoms with Crippen LogP contribution in [-0.2, 0) is 11.3 Å². The number of para-hydroxylation sites is 1. The van der Waals surface area contributed by atoms with E-state index in [-0.39, 0.29) is 5.91 Å². The Morgan fingerprint density at radius 3 is 2.25 bits per heavy atom. The van der Waals surface area contributed by atoms with Crippen LogP contribution in [0.5, 0.6) is 0 Å². The van der Waals surface area contributed by atoms with Crippen LogP contribution in [0.4, 0.5) is 17.2 Å². The van der Waals surface area contributed by atoms with Gasteiger partial charge in [-0.2, -0.15) is 0 Å². The number of thioether (sulfide) groups is 1. The van der Waals surface area contributed by atoms with Crippen molar-refractivity contribution in [3.05, 3.63) is 72.1 Å². The van der Waals surface area contributed by atoms with E-state index in [0.717, 1.165) is 56.3 Å². The van der Waals surface area contributed by atoms with Crippen LogP contribution >= 0.6 is 11.8 Å². The van der Waals surface area contributed by atoms with Gasteiger partial charge in [0.1, 0.15) is 16.5 Å². The van der Waals surface area contributed by atoms with E-state index in [1.54, 1.807) is 0 Å². The maximum atomic E-state index is 13.0. The summed E-state index contributed by atoms with van der Waals surface area (Å²) in [6.45, 7) is 9.67. The molecule has 3 rings (SSSR count). The number of hydrogen-bond acceptors (Lipinski definition) is 6. The Labute approximate surface area is 220 Å². The summed E-state index contributed by atoms with van der Waals surface area (Å²) < 4.78 is 0. The third-order valence-corrected chi connectivity index (χ3v) is 6.70. The standard InChI is InChI=1S/C29H39N5OS/c1-5-20-34(25-17-11-8-12-18-25)21-14-13-19-26(35)32-27-28(30-23(3)31-29(27)36-4)33(6-2)22-24-15-9-7-10-16-24/h7-12,15-18H,5-6,13-14,19-22H2,1-4H3,(H,32,35). The molecule has 0 saturated carbocycles. The normalized spacial score (nSPS) is 10.8. The lowest BCUT2D eigenvalue weighted by Gasteiger charge is -2.26. The van der Waals surface area contributed by atoms with Crippen molar-refractivity contribution in [2.24, 2.45) is 0 Å². The Morgan fingerprint density at radius 1 is 0.917 bits per heavy atom. The molecule has 3 aromatic rings. The molecule has 1 aromatic heterocycles. The van der Waals surface area contributed by atoms with Crippen molar-refractivity contribution < 1.29 is 4.79 Å². The van der Waals surface area contributed by atoms with E-state index in [1.807, 2.05) is 37.4 Å². The van der Waals surface area contributed by atoms with Crippen molar-refractivity contribution in [1.29, 1.82) is 0 Å². The zero-order valence-electron chi connectivity index (χ0n) is 22.0. The van der Waals surface area contributed by atoms with Crippen LogP contribution in [0, 0.1) is 6.92 Å². The first-order valence-electron chi connectivity index (χ1n) is 12.9. The molecule has 2 aromatic carbocycles. The highest BCUT2D eigenvalue weighted by atomic mass is 32.2. The minimum Gasteiger partial charge on any atom is -0.372 e. The summed E-state index contributed by atoms with van der Waals surface area (Å²) >= 11 is 1.54. The van der Waals surface area contributed by atoms with E-state index >= 15 is 0 Å². The zero-order chi connectivity index (χ0) is 25.8. The van der Waals surface area contributed by atoms with Gasteiger partial charge in [-0.25, -0.2) is 9.97 Å². The average molecular weight is 506 g/mol. The molecule has 1 N–H and O–H groups in total. The molecule has 0 atom stereocenters. The molecule has 0 aliphatic rings. The number of aromatic nitrogens is 2. The number of rotatable bonds is 14. The summed E-state index contributed by atoms with van der Waals surface area (Å²) in [6.07, 6.45) is 5.35. The second-order valence-electron chi connectivity index (χ2n) is 8.81. The predicted molar refractivity (Wildman–Crippen MR) is 153 cm³/mol. The van der Waals surface area contributed by atoms with Crippen molar-refractivity contribution in [3.8, 4) is 0 Å². The van der Waals surface area contributed by atoms with Gasteiger partial charge in [0.15, 0.2) is 5.82 Å². The van der Waals surface area contributed by atoms with Crippen LogP contribution in [0.15, 0.2) is 65.7 Å². The van der Waals surface area contributed by atoms with E-state index in [2.05, 4.69) is 70.3 Å². The van der Waals surface area contributed by atoms with Crippen LogP contribution in [0.3, 0.4) is 0 Å². The lowest BCUT2D eigenvalue weighted by molar-refractivity contribution is -0.116. The molecule has 6 nitrogen and oxygen atoms in total. The quantitative estimate of drug-likeness (QED) is 0.152. The summed E-state index contributed by atoms with van der Waals surface area (Å²) in [6, 6.07) is 20.8. The van der Waals surface area contributed by atoms with Crippen LogP contribution in [0.25, 0.3) is 0 Å². The summed E-state index contributed by atoms with van der Waals surface area (Å²) in [4.78, 5) is 27.0. The van der Waals surface area contributed by atoms with E-state index in [1.165, 1.54) is 23.0 Å². The SMILES string of the molecule is CCCN(CCCCC(=O)Nc1c(SC)nc(C)nc1N(CC)Cc1ccccc1)c1ccccc1. The number of amides is 1. The lowest BCUT2D eigenvalue weighted by Crippen LogP contribution is -2.27. The van der Waals surface area contributed by atoms with Crippen molar-refractivity contribution in [1.82, 2.24) is 9.97 Å². The van der Waals surface area contributed by atoms with Gasteiger partial charge >= 0.3 is 0 Å². The third-order valence-electron chi connectivity index (χ3n) is 6.02. The monoisotopic (exact) mass is 505 g/mol. The van der Waals surface area contributed by atoms with E-state index in [9.17, 15) is 4.79 Å².